The highest BCUT2D eigenvalue weighted by Crippen LogP contribution is 2.37. The summed E-state index contributed by atoms with van der Waals surface area (Å²) in [5.41, 5.74) is -0.754. The smallest absolute Gasteiger partial charge is 0.359 e. The molecule has 2 heterocycles. The van der Waals surface area contributed by atoms with Crippen molar-refractivity contribution in [2.45, 2.75) is 10.5 Å². The molecule has 0 bridgehead atoms. The summed E-state index contributed by atoms with van der Waals surface area (Å²) in [6, 6.07) is 4.01. The number of nitrogens with one attached hydrogen (secondary N) is 2. The molecule has 0 fully saturated rings. The maximum absolute atomic E-state index is 12.9. The predicted octanol–water partition coefficient (Wildman–Crippen LogP) is 3.44. The lowest BCUT2D eigenvalue weighted by molar-refractivity contribution is -0.136. The van der Waals surface area contributed by atoms with Gasteiger partial charge in [-0.3, -0.25) is 4.72 Å². The van der Waals surface area contributed by atoms with E-state index in [4.69, 9.17) is 0 Å². The number of hydrogen-bond donors (Lipinski definition) is 2. The molecule has 1 aromatic carbocycles. The van der Waals surface area contributed by atoms with Crippen LogP contribution in [0, 0.1) is 0 Å². The molecule has 0 spiro atoms. The van der Waals surface area contributed by atoms with Crippen molar-refractivity contribution in [2.24, 2.45) is 0 Å². The Bertz CT molecular complexity index is 915. The number of aromatic amines is 1. The van der Waals surface area contributed by atoms with E-state index in [1.807, 2.05) is 0 Å². The number of hydrogen-bond acceptors (Lipinski definition) is 4. The molecule has 0 aliphatic rings. The summed E-state index contributed by atoms with van der Waals surface area (Å²) >= 11 is 0.912. The van der Waals surface area contributed by atoms with Gasteiger partial charge in [-0.05, 0) is 6.07 Å². The molecular weight excluding hydrogens is 339 g/mol. The molecule has 5 nitrogen and oxygen atoms in total. The number of nitrogens with zero attached hydrogens (tertiary/aromatic N) is 1. The van der Waals surface area contributed by atoms with E-state index >= 15 is 0 Å². The molecule has 0 saturated carbocycles. The lowest BCUT2D eigenvalue weighted by Crippen LogP contribution is -2.12. The fraction of sp³-hybridized carbons (Fsp3) is 0.0833. The third-order valence-electron chi connectivity index (χ3n) is 2.90. The number of alkyl halides is 3. The Morgan fingerprint density at radius 2 is 2.05 bits per heavy atom. The molecule has 0 radical (unpaired) electrons. The second-order valence-electron chi connectivity index (χ2n) is 4.33. The number of sulfonamides is 1. The third-order valence-corrected chi connectivity index (χ3v) is 5.47. The number of halogens is 3. The monoisotopic (exact) mass is 347 g/mol. The van der Waals surface area contributed by atoms with Crippen molar-refractivity contribution in [1.82, 2.24) is 9.97 Å². The summed E-state index contributed by atoms with van der Waals surface area (Å²) in [5.74, 6) is 0. The van der Waals surface area contributed by atoms with Gasteiger partial charge < -0.3 is 4.98 Å². The van der Waals surface area contributed by atoms with Crippen LogP contribution in [0.25, 0.3) is 10.9 Å². The van der Waals surface area contributed by atoms with E-state index in [-0.39, 0.29) is 20.9 Å². The Kier molecular flexibility index (Phi) is 3.37. The molecule has 10 heteroatoms. The minimum atomic E-state index is -4.52. The molecule has 0 amide bonds. The average molecular weight is 347 g/mol. The number of anilines is 1. The van der Waals surface area contributed by atoms with Gasteiger partial charge in [-0.25, -0.2) is 4.98 Å². The molecule has 0 unspecified atom stereocenters. The van der Waals surface area contributed by atoms with E-state index < -0.39 is 21.8 Å². The summed E-state index contributed by atoms with van der Waals surface area (Å²) < 4.78 is 64.9. The van der Waals surface area contributed by atoms with Gasteiger partial charge in [0.1, 0.15) is 0 Å². The van der Waals surface area contributed by atoms with Crippen molar-refractivity contribution in [1.29, 1.82) is 0 Å². The Balaban J connectivity index is 2.08. The maximum atomic E-state index is 12.9. The summed E-state index contributed by atoms with van der Waals surface area (Å²) in [7, 11) is -3.93. The molecule has 0 atom stereocenters. The minimum absolute atomic E-state index is 0.0307. The van der Waals surface area contributed by atoms with Crippen molar-refractivity contribution in [3.05, 3.63) is 41.5 Å². The molecule has 22 heavy (non-hydrogen) atoms. The highest BCUT2D eigenvalue weighted by Gasteiger charge is 2.34. The van der Waals surface area contributed by atoms with Crippen molar-refractivity contribution < 1.29 is 21.6 Å². The lowest BCUT2D eigenvalue weighted by atomic mass is 10.1. The van der Waals surface area contributed by atoms with Gasteiger partial charge >= 0.3 is 6.18 Å². The summed E-state index contributed by atoms with van der Waals surface area (Å²) in [6.07, 6.45) is -2.38. The van der Waals surface area contributed by atoms with Gasteiger partial charge in [-0.2, -0.15) is 21.6 Å². The number of para-hydroxylation sites is 1. The third kappa shape index (κ3) is 2.55. The molecule has 3 aromatic rings. The van der Waals surface area contributed by atoms with Crippen LogP contribution < -0.4 is 4.72 Å². The Labute approximate surface area is 126 Å². The van der Waals surface area contributed by atoms with Gasteiger partial charge in [0.05, 0.1) is 16.8 Å². The van der Waals surface area contributed by atoms with Crippen LogP contribution in [0.1, 0.15) is 5.56 Å². The zero-order chi connectivity index (χ0) is 16.0. The molecule has 2 aromatic heterocycles. The second-order valence-corrected chi connectivity index (χ2v) is 7.08. The van der Waals surface area contributed by atoms with Crippen LogP contribution in [0.4, 0.5) is 18.9 Å². The van der Waals surface area contributed by atoms with Gasteiger partial charge in [0.15, 0.2) is 0 Å². The van der Waals surface area contributed by atoms with Crippen molar-refractivity contribution in [3.63, 3.8) is 0 Å². The highest BCUT2D eigenvalue weighted by atomic mass is 32.2. The van der Waals surface area contributed by atoms with E-state index in [1.54, 1.807) is 0 Å². The SMILES string of the molecule is O=S(=O)(Nc1cccc2c(C(F)(F)F)c[nH]c12)c1nccs1. The highest BCUT2D eigenvalue weighted by molar-refractivity contribution is 7.94. The van der Waals surface area contributed by atoms with Gasteiger partial charge in [0.25, 0.3) is 10.0 Å². The summed E-state index contributed by atoms with van der Waals surface area (Å²) in [4.78, 5) is 6.15. The van der Waals surface area contributed by atoms with Gasteiger partial charge in [0, 0.05) is 23.2 Å². The zero-order valence-corrected chi connectivity index (χ0v) is 12.3. The van der Waals surface area contributed by atoms with Crippen LogP contribution in [0.15, 0.2) is 40.3 Å². The predicted molar refractivity (Wildman–Crippen MR) is 76.2 cm³/mol. The first kappa shape index (κ1) is 14.9. The fourth-order valence-electron chi connectivity index (χ4n) is 2.01. The van der Waals surface area contributed by atoms with E-state index in [0.717, 1.165) is 17.5 Å². The van der Waals surface area contributed by atoms with E-state index in [2.05, 4.69) is 14.7 Å². The topological polar surface area (TPSA) is 74.8 Å². The van der Waals surface area contributed by atoms with E-state index in [0.29, 0.717) is 0 Å². The first-order valence-electron chi connectivity index (χ1n) is 5.88. The molecular formula is C12H8F3N3O2S2. The fourth-order valence-corrected chi connectivity index (χ4v) is 3.91. The average Bonchev–Trinajstić information content (AvgIpc) is 3.08. The van der Waals surface area contributed by atoms with Crippen LogP contribution in [0.3, 0.4) is 0 Å². The Morgan fingerprint density at radius 3 is 2.68 bits per heavy atom. The number of thiazole rings is 1. The molecule has 2 N–H and O–H groups in total. The molecule has 0 aliphatic carbocycles. The van der Waals surface area contributed by atoms with Gasteiger partial charge in [-0.15, -0.1) is 11.3 Å². The number of aromatic nitrogens is 2. The molecule has 0 saturated heterocycles. The lowest BCUT2D eigenvalue weighted by Gasteiger charge is -2.08. The Morgan fingerprint density at radius 1 is 1.27 bits per heavy atom. The van der Waals surface area contributed by atoms with Crippen LogP contribution in [0.5, 0.6) is 0 Å². The molecule has 3 rings (SSSR count). The van der Waals surface area contributed by atoms with E-state index in [1.165, 1.54) is 29.8 Å². The number of H-pyrrole nitrogens is 1. The maximum Gasteiger partial charge on any atom is 0.418 e. The minimum Gasteiger partial charge on any atom is -0.359 e. The summed E-state index contributed by atoms with van der Waals surface area (Å²) in [6.45, 7) is 0. The van der Waals surface area contributed by atoms with Crippen LogP contribution in [-0.4, -0.2) is 18.4 Å². The first-order chi connectivity index (χ1) is 10.3. The zero-order valence-electron chi connectivity index (χ0n) is 10.7. The van der Waals surface area contributed by atoms with Crippen molar-refractivity contribution >= 4 is 38.0 Å². The largest absolute Gasteiger partial charge is 0.418 e. The van der Waals surface area contributed by atoms with Crippen LogP contribution in [0.2, 0.25) is 0 Å². The van der Waals surface area contributed by atoms with E-state index in [9.17, 15) is 21.6 Å². The number of benzene rings is 1. The first-order valence-corrected chi connectivity index (χ1v) is 8.25. The number of fused-ring (bicyclic) bond motifs is 1. The molecule has 0 aliphatic heterocycles. The van der Waals surface area contributed by atoms with Gasteiger partial charge in [0.2, 0.25) is 4.34 Å². The van der Waals surface area contributed by atoms with Crippen LogP contribution >= 0.6 is 11.3 Å². The second kappa shape index (κ2) is 4.99. The van der Waals surface area contributed by atoms with Crippen molar-refractivity contribution in [3.8, 4) is 0 Å². The molecule has 116 valence electrons. The number of rotatable bonds is 3. The van der Waals surface area contributed by atoms with Crippen LogP contribution in [-0.2, 0) is 16.2 Å². The summed E-state index contributed by atoms with van der Waals surface area (Å²) in [5, 5.41) is 1.39. The van der Waals surface area contributed by atoms with Gasteiger partial charge in [-0.1, -0.05) is 12.1 Å². The quantitative estimate of drug-likeness (QED) is 0.762. The standard InChI is InChI=1S/C12H8F3N3O2S2/c13-12(14,15)8-6-17-10-7(8)2-1-3-9(10)18-22(19,20)11-16-4-5-21-11/h1-6,17-18H. The Hall–Kier alpha value is -2.07. The normalized spacial score (nSPS) is 12.7. The van der Waals surface area contributed by atoms with Crippen molar-refractivity contribution in [2.75, 3.05) is 4.72 Å².